The second kappa shape index (κ2) is 7.97. The SMILES string of the molecule is CO/C=C(/C(=O)OC)c1ccccc1COC1C(=O)c2ccccc2C1=O. The Kier molecular flexibility index (Phi) is 5.47. The third-order valence-electron chi connectivity index (χ3n) is 4.29. The molecule has 138 valence electrons. The zero-order chi connectivity index (χ0) is 19.4. The number of hydrogen-bond donors (Lipinski definition) is 0. The lowest BCUT2D eigenvalue weighted by Crippen LogP contribution is -2.26. The number of hydrogen-bond acceptors (Lipinski definition) is 6. The Morgan fingerprint density at radius 2 is 1.56 bits per heavy atom. The Labute approximate surface area is 156 Å². The van der Waals surface area contributed by atoms with E-state index in [1.165, 1.54) is 20.5 Å². The lowest BCUT2D eigenvalue weighted by Gasteiger charge is -2.14. The first-order valence-corrected chi connectivity index (χ1v) is 8.27. The van der Waals surface area contributed by atoms with Crippen LogP contribution in [0.4, 0.5) is 0 Å². The summed E-state index contributed by atoms with van der Waals surface area (Å²) in [5.41, 5.74) is 2.13. The molecule has 2 aromatic rings. The number of esters is 1. The molecule has 0 aliphatic heterocycles. The van der Waals surface area contributed by atoms with Crippen molar-refractivity contribution in [2.45, 2.75) is 12.7 Å². The lowest BCUT2D eigenvalue weighted by molar-refractivity contribution is -0.133. The average molecular weight is 366 g/mol. The number of carbonyl (C=O) groups is 3. The number of ether oxygens (including phenoxy) is 3. The fourth-order valence-corrected chi connectivity index (χ4v) is 3.00. The largest absolute Gasteiger partial charge is 0.503 e. The highest BCUT2D eigenvalue weighted by molar-refractivity contribution is 6.28. The van der Waals surface area contributed by atoms with Gasteiger partial charge in [-0.05, 0) is 11.1 Å². The lowest BCUT2D eigenvalue weighted by atomic mass is 10.0. The van der Waals surface area contributed by atoms with Crippen LogP contribution < -0.4 is 0 Å². The van der Waals surface area contributed by atoms with Crippen molar-refractivity contribution < 1.29 is 28.6 Å². The van der Waals surface area contributed by atoms with Crippen LogP contribution in [0.15, 0.2) is 54.8 Å². The zero-order valence-corrected chi connectivity index (χ0v) is 14.9. The Morgan fingerprint density at radius 1 is 0.963 bits per heavy atom. The molecule has 3 rings (SSSR count). The minimum absolute atomic E-state index is 0.0235. The molecule has 6 heteroatoms. The van der Waals surface area contributed by atoms with Crippen molar-refractivity contribution in [2.75, 3.05) is 14.2 Å². The van der Waals surface area contributed by atoms with Crippen molar-refractivity contribution in [3.05, 3.63) is 77.0 Å². The molecular formula is C21H18O6. The molecule has 2 aromatic carbocycles. The van der Waals surface area contributed by atoms with Crippen LogP contribution in [0.1, 0.15) is 31.8 Å². The van der Waals surface area contributed by atoms with E-state index in [0.29, 0.717) is 22.3 Å². The normalized spacial score (nSPS) is 14.2. The number of carbonyl (C=O) groups excluding carboxylic acids is 3. The minimum atomic E-state index is -1.18. The molecule has 0 unspecified atom stereocenters. The van der Waals surface area contributed by atoms with Gasteiger partial charge in [-0.15, -0.1) is 0 Å². The predicted molar refractivity (Wildman–Crippen MR) is 97.1 cm³/mol. The third kappa shape index (κ3) is 3.52. The standard InChI is InChI=1S/C21H18O6/c1-25-12-17(21(24)26-2)14-8-4-3-7-13(14)11-27-20-18(22)15-9-5-6-10-16(15)19(20)23/h3-10,12,20H,11H2,1-2H3/b17-12+. The molecule has 0 atom stereocenters. The van der Waals surface area contributed by atoms with E-state index in [0.717, 1.165) is 0 Å². The second-order valence-corrected chi connectivity index (χ2v) is 5.88. The highest BCUT2D eigenvalue weighted by Gasteiger charge is 2.39. The van der Waals surface area contributed by atoms with Crippen LogP contribution in [0.25, 0.3) is 5.57 Å². The summed E-state index contributed by atoms with van der Waals surface area (Å²) < 4.78 is 15.4. The van der Waals surface area contributed by atoms with Gasteiger partial charge in [0.1, 0.15) is 5.57 Å². The summed E-state index contributed by atoms with van der Waals surface area (Å²) in [5, 5.41) is 0. The molecule has 1 aliphatic rings. The number of rotatable bonds is 6. The fraction of sp³-hybridized carbons (Fsp3) is 0.190. The van der Waals surface area contributed by atoms with Gasteiger partial charge in [-0.3, -0.25) is 9.59 Å². The second-order valence-electron chi connectivity index (χ2n) is 5.88. The van der Waals surface area contributed by atoms with E-state index < -0.39 is 12.1 Å². The fourth-order valence-electron chi connectivity index (χ4n) is 3.00. The van der Waals surface area contributed by atoms with E-state index in [4.69, 9.17) is 14.2 Å². The van der Waals surface area contributed by atoms with Crippen LogP contribution in [0.5, 0.6) is 0 Å². The highest BCUT2D eigenvalue weighted by Crippen LogP contribution is 2.27. The quantitative estimate of drug-likeness (QED) is 0.339. The van der Waals surface area contributed by atoms with E-state index in [-0.39, 0.29) is 23.7 Å². The van der Waals surface area contributed by atoms with Crippen LogP contribution in [-0.4, -0.2) is 37.9 Å². The smallest absolute Gasteiger partial charge is 0.341 e. The first-order chi connectivity index (χ1) is 13.1. The van der Waals surface area contributed by atoms with E-state index in [9.17, 15) is 14.4 Å². The molecule has 0 aromatic heterocycles. The van der Waals surface area contributed by atoms with Gasteiger partial charge in [-0.1, -0.05) is 48.5 Å². The van der Waals surface area contributed by atoms with Crippen molar-refractivity contribution in [1.82, 2.24) is 0 Å². The molecule has 27 heavy (non-hydrogen) atoms. The van der Waals surface area contributed by atoms with Crippen molar-refractivity contribution in [2.24, 2.45) is 0 Å². The van der Waals surface area contributed by atoms with E-state index >= 15 is 0 Å². The first kappa shape index (κ1) is 18.5. The maximum absolute atomic E-state index is 12.5. The van der Waals surface area contributed by atoms with Gasteiger partial charge >= 0.3 is 5.97 Å². The molecule has 0 saturated heterocycles. The highest BCUT2D eigenvalue weighted by atomic mass is 16.5. The molecule has 0 heterocycles. The van der Waals surface area contributed by atoms with Gasteiger partial charge < -0.3 is 14.2 Å². The van der Waals surface area contributed by atoms with Crippen molar-refractivity contribution in [3.63, 3.8) is 0 Å². The van der Waals surface area contributed by atoms with Crippen molar-refractivity contribution in [1.29, 1.82) is 0 Å². The molecule has 0 spiro atoms. The van der Waals surface area contributed by atoms with Gasteiger partial charge in [-0.25, -0.2) is 4.79 Å². The van der Waals surface area contributed by atoms with Gasteiger partial charge in [0.25, 0.3) is 0 Å². The monoisotopic (exact) mass is 366 g/mol. The Bertz CT molecular complexity index is 893. The molecular weight excluding hydrogens is 348 g/mol. The number of ketones is 2. The molecule has 0 bridgehead atoms. The number of methoxy groups -OCH3 is 2. The molecule has 0 amide bonds. The van der Waals surface area contributed by atoms with E-state index in [1.54, 1.807) is 48.5 Å². The molecule has 0 N–H and O–H groups in total. The summed E-state index contributed by atoms with van der Waals surface area (Å²) in [6, 6.07) is 13.6. The summed E-state index contributed by atoms with van der Waals surface area (Å²) in [5.74, 6) is -1.27. The number of benzene rings is 2. The molecule has 0 saturated carbocycles. The van der Waals surface area contributed by atoms with Gasteiger partial charge in [0, 0.05) is 11.1 Å². The maximum Gasteiger partial charge on any atom is 0.341 e. The first-order valence-electron chi connectivity index (χ1n) is 8.27. The van der Waals surface area contributed by atoms with Gasteiger partial charge in [0.15, 0.2) is 17.7 Å². The summed E-state index contributed by atoms with van der Waals surface area (Å²) in [7, 11) is 2.70. The Balaban J connectivity index is 1.84. The van der Waals surface area contributed by atoms with Crippen molar-refractivity contribution >= 4 is 23.1 Å². The Hall–Kier alpha value is -3.25. The number of fused-ring (bicyclic) bond motifs is 1. The molecule has 0 radical (unpaired) electrons. The average Bonchev–Trinajstić information content (AvgIpc) is 2.95. The van der Waals surface area contributed by atoms with E-state index in [1.807, 2.05) is 0 Å². The summed E-state index contributed by atoms with van der Waals surface area (Å²) in [6.45, 7) is -0.0235. The van der Waals surface area contributed by atoms with Gasteiger partial charge in [-0.2, -0.15) is 0 Å². The third-order valence-corrected chi connectivity index (χ3v) is 4.29. The Morgan fingerprint density at radius 3 is 2.15 bits per heavy atom. The van der Waals surface area contributed by atoms with Crippen LogP contribution in [0.2, 0.25) is 0 Å². The van der Waals surface area contributed by atoms with Crippen molar-refractivity contribution in [3.8, 4) is 0 Å². The molecule has 0 fully saturated rings. The van der Waals surface area contributed by atoms with Crippen LogP contribution in [0.3, 0.4) is 0 Å². The maximum atomic E-state index is 12.5. The minimum Gasteiger partial charge on any atom is -0.503 e. The molecule has 1 aliphatic carbocycles. The zero-order valence-electron chi connectivity index (χ0n) is 14.9. The number of Topliss-reactive ketones (excluding diaryl/α,β-unsaturated/α-hetero) is 2. The van der Waals surface area contributed by atoms with E-state index in [2.05, 4.69) is 0 Å². The van der Waals surface area contributed by atoms with Gasteiger partial charge in [0.05, 0.1) is 27.1 Å². The van der Waals surface area contributed by atoms with Gasteiger partial charge in [0.2, 0.25) is 0 Å². The summed E-state index contributed by atoms with van der Waals surface area (Å²) in [4.78, 5) is 37.0. The predicted octanol–water partition coefficient (Wildman–Crippen LogP) is 2.81. The van der Waals surface area contributed by atoms with Crippen LogP contribution in [-0.2, 0) is 25.6 Å². The summed E-state index contributed by atoms with van der Waals surface area (Å²) >= 11 is 0. The topological polar surface area (TPSA) is 78.9 Å². The van der Waals surface area contributed by atoms with Crippen LogP contribution in [0, 0.1) is 0 Å². The van der Waals surface area contributed by atoms with Crippen LogP contribution >= 0.6 is 0 Å². The molecule has 6 nitrogen and oxygen atoms in total. The summed E-state index contributed by atoms with van der Waals surface area (Å²) in [6.07, 6.45) is 0.107.